The molecule has 1 aliphatic heterocycles. The highest BCUT2D eigenvalue weighted by Gasteiger charge is 2.25. The molecule has 4 heteroatoms. The van der Waals surface area contributed by atoms with Gasteiger partial charge in [-0.25, -0.2) is 0 Å². The van der Waals surface area contributed by atoms with Crippen molar-refractivity contribution in [1.82, 2.24) is 4.57 Å². The average Bonchev–Trinajstić information content (AvgIpc) is 3.52. The highest BCUT2D eigenvalue weighted by Crippen LogP contribution is 2.32. The predicted molar refractivity (Wildman–Crippen MR) is 123 cm³/mol. The molecule has 3 nitrogen and oxygen atoms in total. The summed E-state index contributed by atoms with van der Waals surface area (Å²) in [6.45, 7) is 4.13. The van der Waals surface area contributed by atoms with Crippen LogP contribution >= 0.6 is 11.8 Å². The van der Waals surface area contributed by atoms with E-state index in [4.69, 9.17) is 5.10 Å². The van der Waals surface area contributed by atoms with Crippen molar-refractivity contribution in [2.24, 2.45) is 5.10 Å². The summed E-state index contributed by atoms with van der Waals surface area (Å²) in [6.07, 6.45) is 2.00. The molecule has 0 spiro atoms. The number of anilines is 1. The van der Waals surface area contributed by atoms with Crippen LogP contribution in [0.3, 0.4) is 0 Å². The van der Waals surface area contributed by atoms with Crippen LogP contribution in [0.25, 0.3) is 21.8 Å². The second-order valence-electron chi connectivity index (χ2n) is 7.16. The fourth-order valence-corrected chi connectivity index (χ4v) is 4.30. The van der Waals surface area contributed by atoms with Gasteiger partial charge in [-0.2, -0.15) is 16.9 Å². The number of fused-ring (bicyclic) bond motifs is 3. The van der Waals surface area contributed by atoms with Crippen molar-refractivity contribution in [3.05, 3.63) is 78.4 Å². The van der Waals surface area contributed by atoms with E-state index in [1.807, 2.05) is 18.0 Å². The number of para-hydroxylation sites is 2. The van der Waals surface area contributed by atoms with Gasteiger partial charge in [-0.05, 0) is 42.8 Å². The van der Waals surface area contributed by atoms with E-state index in [1.165, 1.54) is 27.6 Å². The zero-order valence-electron chi connectivity index (χ0n) is 16.0. The molecule has 1 atom stereocenters. The fourth-order valence-electron chi connectivity index (χ4n) is 3.81. The van der Waals surface area contributed by atoms with Gasteiger partial charge in [0.25, 0.3) is 0 Å². The summed E-state index contributed by atoms with van der Waals surface area (Å²) in [7, 11) is 0. The highest BCUT2D eigenvalue weighted by molar-refractivity contribution is 8.06. The lowest BCUT2D eigenvalue weighted by atomic mass is 10.1. The maximum Gasteiger partial charge on any atom is 0.0594 e. The number of benzene rings is 3. The first kappa shape index (κ1) is 17.4. The topological polar surface area (TPSA) is 20.5 Å². The smallest absolute Gasteiger partial charge is 0.0594 e. The van der Waals surface area contributed by atoms with Gasteiger partial charge < -0.3 is 4.57 Å². The van der Waals surface area contributed by atoms with E-state index in [-0.39, 0.29) is 0 Å². The van der Waals surface area contributed by atoms with Gasteiger partial charge in [0.05, 0.1) is 18.4 Å². The molecule has 0 radical (unpaired) electrons. The number of aromatic nitrogens is 1. The largest absolute Gasteiger partial charge is 0.341 e. The van der Waals surface area contributed by atoms with Gasteiger partial charge in [-0.3, -0.25) is 5.01 Å². The van der Waals surface area contributed by atoms with Gasteiger partial charge >= 0.3 is 0 Å². The molecular weight excluding hydrogens is 362 g/mol. The molecule has 140 valence electrons. The Bertz CT molecular complexity index is 1140. The summed E-state index contributed by atoms with van der Waals surface area (Å²) in [4.78, 5) is 0. The van der Waals surface area contributed by atoms with Crippen molar-refractivity contribution in [3.63, 3.8) is 0 Å². The van der Waals surface area contributed by atoms with E-state index in [0.29, 0.717) is 5.25 Å². The van der Waals surface area contributed by atoms with Crippen LogP contribution in [0.1, 0.15) is 12.5 Å². The maximum atomic E-state index is 4.85. The molecule has 5 rings (SSSR count). The first-order chi connectivity index (χ1) is 13.8. The van der Waals surface area contributed by atoms with Gasteiger partial charge in [0.2, 0.25) is 0 Å². The standard InChI is InChI=1S/C24H23N3S/c1-2-26-23-11-7-6-10-21(23)22-14-18(12-13-24(22)26)15-25-27(16-20-17-28-20)19-8-4-3-5-9-19/h3-15,20H,2,16-17H2,1H3. The molecule has 0 amide bonds. The Balaban J connectivity index is 1.52. The summed E-state index contributed by atoms with van der Waals surface area (Å²) in [5.74, 6) is 1.24. The van der Waals surface area contributed by atoms with Gasteiger partial charge in [0.1, 0.15) is 0 Å². The van der Waals surface area contributed by atoms with Crippen molar-refractivity contribution >= 4 is 45.5 Å². The summed E-state index contributed by atoms with van der Waals surface area (Å²) in [6, 6.07) is 25.8. The zero-order valence-corrected chi connectivity index (χ0v) is 16.8. The Labute approximate surface area is 169 Å². The minimum Gasteiger partial charge on any atom is -0.341 e. The number of hydrogen-bond acceptors (Lipinski definition) is 3. The number of thioether (sulfide) groups is 1. The predicted octanol–water partition coefficient (Wildman–Crippen LogP) is 5.77. The molecule has 1 aliphatic rings. The van der Waals surface area contributed by atoms with Crippen LogP contribution in [0.5, 0.6) is 0 Å². The van der Waals surface area contributed by atoms with Crippen LogP contribution in [0.15, 0.2) is 77.9 Å². The molecule has 1 unspecified atom stereocenters. The summed E-state index contributed by atoms with van der Waals surface area (Å²) >= 11 is 2.00. The molecule has 4 aromatic rings. The van der Waals surface area contributed by atoms with Crippen molar-refractivity contribution in [1.29, 1.82) is 0 Å². The minimum absolute atomic E-state index is 0.697. The summed E-state index contributed by atoms with van der Waals surface area (Å²) in [5.41, 5.74) is 4.87. The van der Waals surface area contributed by atoms with E-state index in [1.54, 1.807) is 0 Å². The Kier molecular flexibility index (Phi) is 4.57. The van der Waals surface area contributed by atoms with Crippen molar-refractivity contribution in [2.45, 2.75) is 18.7 Å². The molecule has 2 heterocycles. The second-order valence-corrected chi connectivity index (χ2v) is 8.49. The van der Waals surface area contributed by atoms with Gasteiger partial charge in [0.15, 0.2) is 0 Å². The number of hydrazone groups is 1. The Morgan fingerprint density at radius 3 is 2.54 bits per heavy atom. The first-order valence-corrected chi connectivity index (χ1v) is 10.9. The fraction of sp³-hybridized carbons (Fsp3) is 0.208. The monoisotopic (exact) mass is 385 g/mol. The highest BCUT2D eigenvalue weighted by atomic mass is 32.2. The normalized spacial score (nSPS) is 16.2. The molecule has 1 fully saturated rings. The number of aryl methyl sites for hydroxylation is 1. The number of hydrogen-bond donors (Lipinski definition) is 0. The average molecular weight is 386 g/mol. The van der Waals surface area contributed by atoms with Crippen molar-refractivity contribution in [2.75, 3.05) is 17.3 Å². The van der Waals surface area contributed by atoms with Crippen LogP contribution in [0.2, 0.25) is 0 Å². The Morgan fingerprint density at radius 1 is 1.00 bits per heavy atom. The Hall–Kier alpha value is -2.72. The molecule has 0 bridgehead atoms. The molecule has 28 heavy (non-hydrogen) atoms. The maximum absolute atomic E-state index is 4.85. The lowest BCUT2D eigenvalue weighted by Gasteiger charge is -2.18. The summed E-state index contributed by atoms with van der Waals surface area (Å²) < 4.78 is 2.38. The third-order valence-corrected chi connectivity index (χ3v) is 6.25. The lowest BCUT2D eigenvalue weighted by Crippen LogP contribution is -2.21. The molecule has 1 aromatic heterocycles. The number of rotatable bonds is 6. The van der Waals surface area contributed by atoms with Crippen LogP contribution in [0.4, 0.5) is 5.69 Å². The van der Waals surface area contributed by atoms with E-state index in [2.05, 4.69) is 89.3 Å². The summed E-state index contributed by atoms with van der Waals surface area (Å²) in [5, 5.41) is 10.3. The van der Waals surface area contributed by atoms with E-state index < -0.39 is 0 Å². The second kappa shape index (κ2) is 7.36. The van der Waals surface area contributed by atoms with Crippen LogP contribution in [-0.2, 0) is 6.54 Å². The van der Waals surface area contributed by atoms with E-state index >= 15 is 0 Å². The molecule has 0 aliphatic carbocycles. The van der Waals surface area contributed by atoms with E-state index in [9.17, 15) is 0 Å². The lowest BCUT2D eigenvalue weighted by molar-refractivity contribution is 0.827. The molecule has 3 aromatic carbocycles. The van der Waals surface area contributed by atoms with Gasteiger partial charge in [-0.1, -0.05) is 42.5 Å². The SMILES string of the molecule is CCn1c2ccccc2c2cc(C=NN(CC3CS3)c3ccccc3)ccc21. The molecule has 1 saturated heterocycles. The van der Waals surface area contributed by atoms with Crippen LogP contribution < -0.4 is 5.01 Å². The first-order valence-electron chi connectivity index (χ1n) is 9.82. The quantitative estimate of drug-likeness (QED) is 0.239. The minimum atomic E-state index is 0.697. The van der Waals surface area contributed by atoms with Crippen molar-refractivity contribution in [3.8, 4) is 0 Å². The van der Waals surface area contributed by atoms with Crippen molar-refractivity contribution < 1.29 is 0 Å². The van der Waals surface area contributed by atoms with Gasteiger partial charge in [-0.15, -0.1) is 0 Å². The third kappa shape index (κ3) is 3.29. The Morgan fingerprint density at radius 2 is 1.75 bits per heavy atom. The zero-order chi connectivity index (χ0) is 18.9. The molecule has 0 N–H and O–H groups in total. The number of nitrogens with zero attached hydrogens (tertiary/aromatic N) is 3. The van der Waals surface area contributed by atoms with Crippen LogP contribution in [-0.4, -0.2) is 28.3 Å². The molecular formula is C24H23N3S. The van der Waals surface area contributed by atoms with Crippen LogP contribution in [0, 0.1) is 0 Å². The van der Waals surface area contributed by atoms with Gasteiger partial charge in [0, 0.05) is 39.4 Å². The third-order valence-electron chi connectivity index (χ3n) is 5.29. The van der Waals surface area contributed by atoms with E-state index in [0.717, 1.165) is 24.3 Å². The molecule has 0 saturated carbocycles.